The number of rotatable bonds is 0. The molecular weight excluding hydrogens is 184 g/mol. The van der Waals surface area contributed by atoms with Gasteiger partial charge in [-0.3, -0.25) is 4.79 Å². The van der Waals surface area contributed by atoms with E-state index in [9.17, 15) is 4.79 Å². The van der Waals surface area contributed by atoms with E-state index in [0.717, 1.165) is 13.2 Å². The van der Waals surface area contributed by atoms with E-state index >= 15 is 0 Å². The zero-order valence-electron chi connectivity index (χ0n) is 7.73. The van der Waals surface area contributed by atoms with Gasteiger partial charge in [-0.1, -0.05) is 0 Å². The average molecular weight is 196 g/mol. The summed E-state index contributed by atoms with van der Waals surface area (Å²) in [5.41, 5.74) is 4.67. The maximum atomic E-state index is 11.6. The molecule has 0 radical (unpaired) electrons. The first-order valence-electron chi connectivity index (χ1n) is 4.85. The summed E-state index contributed by atoms with van der Waals surface area (Å²) in [5.74, 6) is 0.685. The van der Waals surface area contributed by atoms with Gasteiger partial charge in [-0.15, -0.1) is 0 Å². The molecular formula is C9H12N2O3. The Kier molecular flexibility index (Phi) is 1.45. The molecule has 2 aliphatic heterocycles. The maximum Gasteiger partial charge on any atom is 0.294 e. The molecule has 1 saturated heterocycles. The summed E-state index contributed by atoms with van der Waals surface area (Å²) in [5, 5.41) is 0. The number of fused-ring (bicyclic) bond motifs is 1. The minimum atomic E-state index is -0.733. The second kappa shape index (κ2) is 2.48. The first-order chi connectivity index (χ1) is 6.70. The molecule has 3 rings (SSSR count). The number of amidine groups is 1. The molecule has 5 heteroatoms. The van der Waals surface area contributed by atoms with Crippen molar-refractivity contribution in [2.75, 3.05) is 13.2 Å². The fraction of sp³-hybridized carbons (Fsp3) is 0.778. The predicted molar refractivity (Wildman–Crippen MR) is 47.5 cm³/mol. The molecule has 1 amide bonds. The van der Waals surface area contributed by atoms with Gasteiger partial charge in [0.05, 0.1) is 0 Å². The number of ether oxygens (including phenoxy) is 2. The van der Waals surface area contributed by atoms with Crippen LogP contribution >= 0.6 is 0 Å². The van der Waals surface area contributed by atoms with E-state index in [4.69, 9.17) is 15.2 Å². The van der Waals surface area contributed by atoms with Gasteiger partial charge in [-0.2, -0.15) is 4.99 Å². The molecule has 0 aromatic heterocycles. The summed E-state index contributed by atoms with van der Waals surface area (Å²) in [6, 6.07) is 0.0240. The number of carbonyl (C=O) groups excluding carboxylic acids is 1. The summed E-state index contributed by atoms with van der Waals surface area (Å²) in [7, 11) is 0. The molecule has 76 valence electrons. The van der Waals surface area contributed by atoms with Crippen LogP contribution in [-0.4, -0.2) is 30.7 Å². The van der Waals surface area contributed by atoms with E-state index in [2.05, 4.69) is 4.99 Å². The van der Waals surface area contributed by atoms with Crippen LogP contribution < -0.4 is 5.73 Å². The van der Waals surface area contributed by atoms with Gasteiger partial charge in [-0.25, -0.2) is 0 Å². The average Bonchev–Trinajstić information content (AvgIpc) is 2.67. The Morgan fingerprint density at radius 3 is 2.50 bits per heavy atom. The van der Waals surface area contributed by atoms with Crippen molar-refractivity contribution in [3.05, 3.63) is 0 Å². The number of amides is 1. The minimum Gasteiger partial charge on any atom is -0.448 e. The smallest absolute Gasteiger partial charge is 0.294 e. The highest BCUT2D eigenvalue weighted by molar-refractivity contribution is 6.01. The van der Waals surface area contributed by atoms with Gasteiger partial charge in [0.25, 0.3) is 11.9 Å². The van der Waals surface area contributed by atoms with Crippen LogP contribution in [0.5, 0.6) is 0 Å². The van der Waals surface area contributed by atoms with Gasteiger partial charge in [0, 0.05) is 26.1 Å². The Bertz CT molecular complexity index is 314. The second-order valence-corrected chi connectivity index (χ2v) is 4.32. The number of hydrogen-bond acceptors (Lipinski definition) is 4. The minimum absolute atomic E-state index is 0.0240. The lowest BCUT2D eigenvalue weighted by Gasteiger charge is -2.20. The predicted octanol–water partition coefficient (Wildman–Crippen LogP) is -0.347. The molecule has 0 aromatic rings. The fourth-order valence-electron chi connectivity index (χ4n) is 2.75. The Hall–Kier alpha value is -1.10. The van der Waals surface area contributed by atoms with E-state index in [1.807, 2.05) is 0 Å². The van der Waals surface area contributed by atoms with Crippen molar-refractivity contribution >= 4 is 11.9 Å². The van der Waals surface area contributed by atoms with Crippen molar-refractivity contribution < 1.29 is 14.3 Å². The van der Waals surface area contributed by atoms with Crippen molar-refractivity contribution in [1.29, 1.82) is 0 Å². The lowest BCUT2D eigenvalue weighted by atomic mass is 10.00. The summed E-state index contributed by atoms with van der Waals surface area (Å²) in [4.78, 5) is 15.3. The molecule has 0 aromatic carbocycles. The number of nitrogens with zero attached hydrogens (tertiary/aromatic N) is 1. The van der Waals surface area contributed by atoms with Gasteiger partial charge in [0.1, 0.15) is 0 Å². The third-order valence-electron chi connectivity index (χ3n) is 3.42. The van der Waals surface area contributed by atoms with Crippen molar-refractivity contribution in [3.63, 3.8) is 0 Å². The van der Waals surface area contributed by atoms with Gasteiger partial charge in [0.2, 0.25) is 0 Å². The standard InChI is InChI=1S/C9H12N2O3/c10-8-11-7(12)9(14-8)1-5-3-13-4-6(5)2-9/h5-6H,1-4H2,(H2,10,11,12). The van der Waals surface area contributed by atoms with Crippen molar-refractivity contribution in [2.24, 2.45) is 22.6 Å². The van der Waals surface area contributed by atoms with Crippen LogP contribution in [0.15, 0.2) is 4.99 Å². The molecule has 3 aliphatic rings. The summed E-state index contributed by atoms with van der Waals surface area (Å²) in [6.07, 6.45) is 1.42. The van der Waals surface area contributed by atoms with E-state index in [0.29, 0.717) is 24.7 Å². The van der Waals surface area contributed by atoms with E-state index < -0.39 is 5.60 Å². The Morgan fingerprint density at radius 1 is 1.36 bits per heavy atom. The molecule has 2 N–H and O–H groups in total. The van der Waals surface area contributed by atoms with Gasteiger partial charge in [0.15, 0.2) is 5.60 Å². The van der Waals surface area contributed by atoms with Crippen LogP contribution in [0.3, 0.4) is 0 Å². The summed E-state index contributed by atoms with van der Waals surface area (Å²) < 4.78 is 10.7. The van der Waals surface area contributed by atoms with Crippen LogP contribution in [0.2, 0.25) is 0 Å². The number of hydrogen-bond donors (Lipinski definition) is 1. The number of nitrogens with two attached hydrogens (primary N) is 1. The second-order valence-electron chi connectivity index (χ2n) is 4.32. The molecule has 1 aliphatic carbocycles. The van der Waals surface area contributed by atoms with Crippen LogP contribution in [-0.2, 0) is 14.3 Å². The lowest BCUT2D eigenvalue weighted by molar-refractivity contribution is -0.131. The van der Waals surface area contributed by atoms with Gasteiger partial charge < -0.3 is 15.2 Å². The Labute approximate surface area is 81.3 Å². The van der Waals surface area contributed by atoms with Crippen molar-refractivity contribution in [3.8, 4) is 0 Å². The fourth-order valence-corrected chi connectivity index (χ4v) is 2.75. The zero-order chi connectivity index (χ0) is 9.76. The van der Waals surface area contributed by atoms with Crippen LogP contribution in [0.1, 0.15) is 12.8 Å². The molecule has 2 atom stereocenters. The van der Waals surface area contributed by atoms with Crippen LogP contribution in [0, 0.1) is 11.8 Å². The van der Waals surface area contributed by atoms with E-state index in [1.54, 1.807) is 0 Å². The summed E-state index contributed by atoms with van der Waals surface area (Å²) >= 11 is 0. The largest absolute Gasteiger partial charge is 0.448 e. The first-order valence-corrected chi connectivity index (χ1v) is 4.85. The quantitative estimate of drug-likeness (QED) is 0.575. The third kappa shape index (κ3) is 0.930. The number of carbonyl (C=O) groups is 1. The van der Waals surface area contributed by atoms with Crippen molar-refractivity contribution in [2.45, 2.75) is 18.4 Å². The van der Waals surface area contributed by atoms with Crippen LogP contribution in [0.25, 0.3) is 0 Å². The highest BCUT2D eigenvalue weighted by Crippen LogP contribution is 2.47. The Balaban J connectivity index is 1.85. The molecule has 2 heterocycles. The monoisotopic (exact) mass is 196 g/mol. The normalized spacial score (nSPS) is 45.4. The van der Waals surface area contributed by atoms with Crippen LogP contribution in [0.4, 0.5) is 0 Å². The molecule has 14 heavy (non-hydrogen) atoms. The highest BCUT2D eigenvalue weighted by Gasteiger charge is 2.56. The van der Waals surface area contributed by atoms with E-state index in [-0.39, 0.29) is 11.9 Å². The van der Waals surface area contributed by atoms with Gasteiger partial charge in [-0.05, 0) is 11.8 Å². The molecule has 0 bridgehead atoms. The van der Waals surface area contributed by atoms with Crippen molar-refractivity contribution in [1.82, 2.24) is 0 Å². The number of aliphatic imine (C=N–C) groups is 1. The van der Waals surface area contributed by atoms with E-state index in [1.165, 1.54) is 0 Å². The molecule has 2 unspecified atom stereocenters. The Morgan fingerprint density at radius 2 is 2.00 bits per heavy atom. The first kappa shape index (κ1) is 8.23. The molecule has 2 fully saturated rings. The topological polar surface area (TPSA) is 73.9 Å². The maximum absolute atomic E-state index is 11.6. The lowest BCUT2D eigenvalue weighted by Crippen LogP contribution is -2.36. The summed E-state index contributed by atoms with van der Waals surface area (Å²) in [6.45, 7) is 1.48. The highest BCUT2D eigenvalue weighted by atomic mass is 16.5. The molecule has 5 nitrogen and oxygen atoms in total. The third-order valence-corrected chi connectivity index (χ3v) is 3.42. The molecule has 1 saturated carbocycles. The zero-order valence-corrected chi connectivity index (χ0v) is 7.73. The molecule has 1 spiro atoms. The SMILES string of the molecule is NC1=NC(=O)C2(CC3COCC3C2)O1. The van der Waals surface area contributed by atoms with Gasteiger partial charge >= 0.3 is 0 Å².